The van der Waals surface area contributed by atoms with Crippen LogP contribution in [0.5, 0.6) is 0 Å². The van der Waals surface area contributed by atoms with E-state index in [4.69, 9.17) is 0 Å². The van der Waals surface area contributed by atoms with Crippen LogP contribution in [0.15, 0.2) is 24.8 Å². The molecule has 1 heterocycles. The number of halogens is 1. The molecule has 3 heteroatoms. The molecule has 0 aliphatic rings. The highest BCUT2D eigenvalue weighted by Gasteiger charge is 1.98. The monoisotopic (exact) mass is 158 g/mol. The summed E-state index contributed by atoms with van der Waals surface area (Å²) in [7, 11) is 0. The van der Waals surface area contributed by atoms with Gasteiger partial charge in [0.2, 0.25) is 0 Å². The van der Waals surface area contributed by atoms with Crippen molar-refractivity contribution in [3.63, 3.8) is 0 Å². The fourth-order valence-electron chi connectivity index (χ4n) is 0.647. The van der Waals surface area contributed by atoms with Gasteiger partial charge in [-0.2, -0.15) is 0 Å². The summed E-state index contributed by atoms with van der Waals surface area (Å²) in [6.07, 6.45) is 5.61. The quantitative estimate of drug-likeness (QED) is 0.431. The average Bonchev–Trinajstić information content (AvgIpc) is 1.90. The Morgan fingerprint density at radius 2 is 2.10 bits per heavy atom. The van der Waals surface area contributed by atoms with E-state index in [1.54, 1.807) is 6.20 Å². The van der Waals surface area contributed by atoms with Crippen LogP contribution in [-0.2, 0) is 0 Å². The molecule has 0 atom stereocenters. The van der Waals surface area contributed by atoms with Gasteiger partial charge in [-0.1, -0.05) is 4.98 Å². The highest BCUT2D eigenvalue weighted by molar-refractivity contribution is 4.69. The summed E-state index contributed by atoms with van der Waals surface area (Å²) in [5, 5.41) is 0. The predicted octanol–water partition coefficient (Wildman–Crippen LogP) is -2.05. The molecule has 56 valence electrons. The van der Waals surface area contributed by atoms with E-state index in [0.29, 0.717) is 6.04 Å². The van der Waals surface area contributed by atoms with E-state index in [1.165, 1.54) is 0 Å². The van der Waals surface area contributed by atoms with E-state index in [9.17, 15) is 0 Å². The summed E-state index contributed by atoms with van der Waals surface area (Å²) in [6, 6.07) is 2.44. The van der Waals surface area contributed by atoms with Crippen molar-refractivity contribution in [2.45, 2.75) is 19.9 Å². The Hall–Kier alpha value is -0.630. The van der Waals surface area contributed by atoms with Gasteiger partial charge in [0.15, 0.2) is 0 Å². The third-order valence-corrected chi connectivity index (χ3v) is 1.23. The number of rotatable bonds is 1. The Morgan fingerprint density at radius 1 is 1.40 bits per heavy atom. The standard InChI is InChI=1S/C7H11N2.ClH/c1-7(2)9-5-3-4-8-6-9;/h3-7H,1-2H3;1H/q+1;/p-1. The molecular formula is C7H11ClN2. The van der Waals surface area contributed by atoms with Crippen molar-refractivity contribution in [1.29, 1.82) is 0 Å². The summed E-state index contributed by atoms with van der Waals surface area (Å²) in [5.41, 5.74) is 0. The fourth-order valence-corrected chi connectivity index (χ4v) is 0.647. The van der Waals surface area contributed by atoms with Gasteiger partial charge in [0.05, 0.1) is 12.2 Å². The van der Waals surface area contributed by atoms with Gasteiger partial charge in [0.1, 0.15) is 6.20 Å². The third kappa shape index (κ3) is 2.31. The fraction of sp³-hybridized carbons (Fsp3) is 0.429. The minimum atomic E-state index is 0. The second kappa shape index (κ2) is 4.23. The molecule has 1 rings (SSSR count). The molecule has 10 heavy (non-hydrogen) atoms. The molecule has 0 spiro atoms. The van der Waals surface area contributed by atoms with Crippen LogP contribution >= 0.6 is 0 Å². The van der Waals surface area contributed by atoms with E-state index < -0.39 is 0 Å². The van der Waals surface area contributed by atoms with Crippen molar-refractivity contribution >= 4 is 0 Å². The van der Waals surface area contributed by atoms with Crippen molar-refractivity contribution in [3.8, 4) is 0 Å². The Morgan fingerprint density at radius 3 is 2.40 bits per heavy atom. The molecule has 0 saturated carbocycles. The number of aromatic nitrogens is 2. The largest absolute Gasteiger partial charge is 1.00 e. The molecule has 0 bridgehead atoms. The minimum absolute atomic E-state index is 0. The van der Waals surface area contributed by atoms with E-state index in [2.05, 4.69) is 23.4 Å². The maximum atomic E-state index is 3.97. The third-order valence-electron chi connectivity index (χ3n) is 1.23. The minimum Gasteiger partial charge on any atom is -1.00 e. The van der Waals surface area contributed by atoms with Crippen LogP contribution in [-0.4, -0.2) is 4.98 Å². The Balaban J connectivity index is 0.000000810. The van der Waals surface area contributed by atoms with Crippen LogP contribution in [0.3, 0.4) is 0 Å². The van der Waals surface area contributed by atoms with Crippen LogP contribution < -0.4 is 17.0 Å². The topological polar surface area (TPSA) is 16.8 Å². The summed E-state index contributed by atoms with van der Waals surface area (Å²) in [6.45, 7) is 4.25. The zero-order chi connectivity index (χ0) is 6.69. The summed E-state index contributed by atoms with van der Waals surface area (Å²) in [5.74, 6) is 0. The van der Waals surface area contributed by atoms with Crippen molar-refractivity contribution in [2.75, 3.05) is 0 Å². The Bertz CT molecular complexity index is 174. The van der Waals surface area contributed by atoms with E-state index in [0.717, 1.165) is 0 Å². The van der Waals surface area contributed by atoms with E-state index >= 15 is 0 Å². The highest BCUT2D eigenvalue weighted by atomic mass is 35.5. The molecule has 0 unspecified atom stereocenters. The maximum absolute atomic E-state index is 3.97. The van der Waals surface area contributed by atoms with Crippen molar-refractivity contribution in [1.82, 2.24) is 4.98 Å². The maximum Gasteiger partial charge on any atom is 0.286 e. The summed E-state index contributed by atoms with van der Waals surface area (Å²) < 4.78 is 2.06. The first kappa shape index (κ1) is 9.37. The lowest BCUT2D eigenvalue weighted by atomic mass is 10.4. The van der Waals surface area contributed by atoms with Crippen LogP contribution in [0.25, 0.3) is 0 Å². The molecule has 0 aliphatic carbocycles. The molecule has 2 nitrogen and oxygen atoms in total. The predicted molar refractivity (Wildman–Crippen MR) is 34.8 cm³/mol. The van der Waals surface area contributed by atoms with Gasteiger partial charge in [0.25, 0.3) is 6.33 Å². The molecule has 0 saturated heterocycles. The van der Waals surface area contributed by atoms with Gasteiger partial charge in [-0.15, -0.1) is 0 Å². The van der Waals surface area contributed by atoms with Crippen LogP contribution in [0, 0.1) is 0 Å². The molecule has 0 fully saturated rings. The molecule has 0 N–H and O–H groups in total. The van der Waals surface area contributed by atoms with Crippen molar-refractivity contribution < 1.29 is 17.0 Å². The molecule has 1 aromatic rings. The smallest absolute Gasteiger partial charge is 0.286 e. The van der Waals surface area contributed by atoms with Gasteiger partial charge < -0.3 is 12.4 Å². The van der Waals surface area contributed by atoms with Gasteiger partial charge in [-0.3, -0.25) is 0 Å². The van der Waals surface area contributed by atoms with Crippen LogP contribution in [0.2, 0.25) is 0 Å². The van der Waals surface area contributed by atoms with Crippen LogP contribution in [0.4, 0.5) is 0 Å². The number of nitrogens with zero attached hydrogens (tertiary/aromatic N) is 2. The SMILES string of the molecule is CC(C)[n+]1cccnc1.[Cl-]. The van der Waals surface area contributed by atoms with Gasteiger partial charge in [0, 0.05) is 6.07 Å². The molecular weight excluding hydrogens is 148 g/mol. The molecule has 1 aromatic heterocycles. The zero-order valence-corrected chi connectivity index (χ0v) is 6.92. The van der Waals surface area contributed by atoms with Crippen molar-refractivity contribution in [3.05, 3.63) is 24.8 Å². The van der Waals surface area contributed by atoms with Gasteiger partial charge in [-0.05, 0) is 13.8 Å². The first-order valence-corrected chi connectivity index (χ1v) is 3.11. The Kier molecular flexibility index (Phi) is 3.96. The average molecular weight is 159 g/mol. The summed E-state index contributed by atoms with van der Waals surface area (Å²) >= 11 is 0. The Labute approximate surface area is 67.3 Å². The second-order valence-corrected chi connectivity index (χ2v) is 2.30. The first-order valence-electron chi connectivity index (χ1n) is 3.11. The first-order chi connectivity index (χ1) is 4.30. The molecule has 0 aromatic carbocycles. The molecule has 0 amide bonds. The van der Waals surface area contributed by atoms with Gasteiger partial charge in [-0.25, -0.2) is 4.57 Å². The number of hydrogen-bond donors (Lipinski definition) is 0. The van der Waals surface area contributed by atoms with E-state index in [1.807, 2.05) is 18.6 Å². The highest BCUT2D eigenvalue weighted by Crippen LogP contribution is 1.86. The lowest BCUT2D eigenvalue weighted by molar-refractivity contribution is -0.719. The van der Waals surface area contributed by atoms with Crippen LogP contribution in [0.1, 0.15) is 19.9 Å². The normalized spacial score (nSPS) is 9.10. The lowest BCUT2D eigenvalue weighted by Crippen LogP contribution is -3.00. The zero-order valence-electron chi connectivity index (χ0n) is 6.16. The van der Waals surface area contributed by atoms with Gasteiger partial charge >= 0.3 is 0 Å². The number of hydrogen-bond acceptors (Lipinski definition) is 1. The molecule has 0 aliphatic heterocycles. The summed E-state index contributed by atoms with van der Waals surface area (Å²) in [4.78, 5) is 3.97. The lowest BCUT2D eigenvalue weighted by Gasteiger charge is -1.98. The second-order valence-electron chi connectivity index (χ2n) is 2.30. The van der Waals surface area contributed by atoms with E-state index in [-0.39, 0.29) is 12.4 Å². The van der Waals surface area contributed by atoms with Crippen molar-refractivity contribution in [2.24, 2.45) is 0 Å². The molecule has 0 radical (unpaired) electrons.